The molecule has 2 aliphatic rings. The first-order valence-electron chi connectivity index (χ1n) is 5.72. The van der Waals surface area contributed by atoms with Crippen molar-refractivity contribution in [3.8, 4) is 0 Å². The molecule has 4 nitrogen and oxygen atoms in total. The van der Waals surface area contributed by atoms with Crippen LogP contribution in [0.4, 0.5) is 0 Å². The van der Waals surface area contributed by atoms with Gasteiger partial charge in [0.15, 0.2) is 0 Å². The van der Waals surface area contributed by atoms with Gasteiger partial charge in [0, 0.05) is 52.0 Å². The summed E-state index contributed by atoms with van der Waals surface area (Å²) in [5.41, 5.74) is 0. The monoisotopic (exact) mass is 247 g/mol. The standard InChI is InChI=1S/C11H21NO3S/c1-13-9-6-12-4-5-16-7-8(12)10(14-2)11(9)15-3/h8-11H,4-7H2,1-3H3/t8-,9+,10+,11+/m0/s1. The van der Waals surface area contributed by atoms with E-state index in [2.05, 4.69) is 4.90 Å². The Labute approximate surface area is 102 Å². The zero-order valence-corrected chi connectivity index (χ0v) is 11.0. The van der Waals surface area contributed by atoms with Crippen molar-refractivity contribution in [1.82, 2.24) is 4.90 Å². The van der Waals surface area contributed by atoms with Crippen LogP contribution in [0, 0.1) is 0 Å². The Kier molecular flexibility index (Phi) is 4.49. The van der Waals surface area contributed by atoms with E-state index >= 15 is 0 Å². The zero-order chi connectivity index (χ0) is 11.5. The van der Waals surface area contributed by atoms with Gasteiger partial charge < -0.3 is 14.2 Å². The molecule has 0 amide bonds. The van der Waals surface area contributed by atoms with Crippen LogP contribution in [-0.4, -0.2) is 75.2 Å². The summed E-state index contributed by atoms with van der Waals surface area (Å²) in [7, 11) is 5.27. The lowest BCUT2D eigenvalue weighted by Crippen LogP contribution is -2.65. The SMILES string of the molecule is CO[C@H]1[C@H](OC)[C@@H]2CSCCN2C[C@H]1OC. The minimum absolute atomic E-state index is 0.0509. The summed E-state index contributed by atoms with van der Waals surface area (Å²) in [5.74, 6) is 2.34. The molecule has 2 rings (SSSR count). The third-order valence-corrected chi connectivity index (χ3v) is 4.66. The van der Waals surface area contributed by atoms with Crippen LogP contribution in [-0.2, 0) is 14.2 Å². The second-order valence-electron chi connectivity index (χ2n) is 4.31. The molecule has 0 aliphatic carbocycles. The Morgan fingerprint density at radius 1 is 1.06 bits per heavy atom. The van der Waals surface area contributed by atoms with E-state index in [-0.39, 0.29) is 18.3 Å². The highest BCUT2D eigenvalue weighted by Crippen LogP contribution is 2.29. The Balaban J connectivity index is 2.13. The number of hydrogen-bond acceptors (Lipinski definition) is 5. The van der Waals surface area contributed by atoms with Gasteiger partial charge >= 0.3 is 0 Å². The number of methoxy groups -OCH3 is 3. The first-order chi connectivity index (χ1) is 7.81. The van der Waals surface area contributed by atoms with Crippen molar-refractivity contribution in [3.05, 3.63) is 0 Å². The molecule has 94 valence electrons. The molecule has 0 aromatic heterocycles. The number of thioether (sulfide) groups is 1. The van der Waals surface area contributed by atoms with Gasteiger partial charge in [-0.2, -0.15) is 11.8 Å². The third kappa shape index (κ3) is 2.24. The molecule has 4 atom stereocenters. The van der Waals surface area contributed by atoms with Crippen LogP contribution in [0.15, 0.2) is 0 Å². The molecule has 0 N–H and O–H groups in total. The molecule has 16 heavy (non-hydrogen) atoms. The second-order valence-corrected chi connectivity index (χ2v) is 5.46. The Morgan fingerprint density at radius 3 is 2.44 bits per heavy atom. The summed E-state index contributed by atoms with van der Waals surface area (Å²) in [4.78, 5) is 2.48. The van der Waals surface area contributed by atoms with Crippen LogP contribution in [0.3, 0.4) is 0 Å². The van der Waals surface area contributed by atoms with Crippen LogP contribution in [0.2, 0.25) is 0 Å². The van der Waals surface area contributed by atoms with Gasteiger partial charge in [0.2, 0.25) is 0 Å². The summed E-state index contributed by atoms with van der Waals surface area (Å²) < 4.78 is 16.7. The molecular weight excluding hydrogens is 226 g/mol. The van der Waals surface area contributed by atoms with E-state index in [1.54, 1.807) is 21.3 Å². The number of ether oxygens (including phenoxy) is 3. The summed E-state index contributed by atoms with van der Waals surface area (Å²) in [5, 5.41) is 0. The minimum Gasteiger partial charge on any atom is -0.377 e. The molecule has 2 aliphatic heterocycles. The fraction of sp³-hybridized carbons (Fsp3) is 1.00. The predicted molar refractivity (Wildman–Crippen MR) is 65.1 cm³/mol. The molecular formula is C11H21NO3S. The molecule has 2 heterocycles. The highest BCUT2D eigenvalue weighted by atomic mass is 32.2. The molecule has 0 bridgehead atoms. The fourth-order valence-electron chi connectivity index (χ4n) is 2.74. The lowest BCUT2D eigenvalue weighted by atomic mass is 9.94. The summed E-state index contributed by atoms with van der Waals surface area (Å²) in [6, 6.07) is 0.472. The highest BCUT2D eigenvalue weighted by molar-refractivity contribution is 7.99. The number of hydrogen-bond donors (Lipinski definition) is 0. The second kappa shape index (κ2) is 5.69. The van der Waals surface area contributed by atoms with Gasteiger partial charge in [0.25, 0.3) is 0 Å². The Morgan fingerprint density at radius 2 is 1.81 bits per heavy atom. The van der Waals surface area contributed by atoms with E-state index < -0.39 is 0 Å². The van der Waals surface area contributed by atoms with E-state index in [9.17, 15) is 0 Å². The fourth-order valence-corrected chi connectivity index (χ4v) is 3.91. The van der Waals surface area contributed by atoms with Crippen LogP contribution in [0.25, 0.3) is 0 Å². The van der Waals surface area contributed by atoms with E-state index in [4.69, 9.17) is 14.2 Å². The van der Waals surface area contributed by atoms with Crippen molar-refractivity contribution in [2.24, 2.45) is 0 Å². The zero-order valence-electron chi connectivity index (χ0n) is 10.2. The molecule has 0 radical (unpaired) electrons. The van der Waals surface area contributed by atoms with Gasteiger partial charge in [-0.25, -0.2) is 0 Å². The van der Waals surface area contributed by atoms with Crippen LogP contribution in [0.1, 0.15) is 0 Å². The Hall–Kier alpha value is 0.190. The average Bonchev–Trinajstić information content (AvgIpc) is 2.36. The van der Waals surface area contributed by atoms with Gasteiger partial charge in [-0.3, -0.25) is 4.90 Å². The smallest absolute Gasteiger partial charge is 0.112 e. The van der Waals surface area contributed by atoms with E-state index in [0.717, 1.165) is 18.8 Å². The number of fused-ring (bicyclic) bond motifs is 1. The molecule has 2 fully saturated rings. The van der Waals surface area contributed by atoms with E-state index in [0.29, 0.717) is 6.04 Å². The van der Waals surface area contributed by atoms with Crippen LogP contribution < -0.4 is 0 Å². The topological polar surface area (TPSA) is 30.9 Å². The predicted octanol–water partition coefficient (Wildman–Crippen LogP) is 0.462. The maximum Gasteiger partial charge on any atom is 0.112 e. The number of rotatable bonds is 3. The molecule has 0 spiro atoms. The quantitative estimate of drug-likeness (QED) is 0.723. The highest BCUT2D eigenvalue weighted by Gasteiger charge is 2.45. The molecule has 5 heteroatoms. The molecule has 0 aromatic rings. The largest absolute Gasteiger partial charge is 0.377 e. The van der Waals surface area contributed by atoms with Gasteiger partial charge in [-0.1, -0.05) is 0 Å². The summed E-state index contributed by atoms with van der Waals surface area (Å²) in [6.07, 6.45) is 0.292. The van der Waals surface area contributed by atoms with Gasteiger partial charge in [-0.05, 0) is 0 Å². The molecule has 2 saturated heterocycles. The van der Waals surface area contributed by atoms with Crippen molar-refractivity contribution in [2.75, 3.05) is 45.9 Å². The maximum atomic E-state index is 5.64. The van der Waals surface area contributed by atoms with Gasteiger partial charge in [0.1, 0.15) is 12.2 Å². The number of piperidine rings is 1. The maximum absolute atomic E-state index is 5.64. The minimum atomic E-state index is 0.0509. The number of nitrogens with zero attached hydrogens (tertiary/aromatic N) is 1. The van der Waals surface area contributed by atoms with Crippen molar-refractivity contribution in [1.29, 1.82) is 0 Å². The lowest BCUT2D eigenvalue weighted by Gasteiger charge is -2.49. The molecule has 0 unspecified atom stereocenters. The average molecular weight is 247 g/mol. The first-order valence-corrected chi connectivity index (χ1v) is 6.87. The summed E-state index contributed by atoms with van der Waals surface area (Å²) in [6.45, 7) is 2.09. The van der Waals surface area contributed by atoms with Crippen molar-refractivity contribution in [2.45, 2.75) is 24.4 Å². The van der Waals surface area contributed by atoms with Gasteiger partial charge in [-0.15, -0.1) is 0 Å². The molecule has 0 saturated carbocycles. The molecule has 0 aromatic carbocycles. The first kappa shape index (κ1) is 12.6. The lowest BCUT2D eigenvalue weighted by molar-refractivity contribution is -0.165. The third-order valence-electron chi connectivity index (χ3n) is 3.61. The van der Waals surface area contributed by atoms with E-state index in [1.807, 2.05) is 11.8 Å². The van der Waals surface area contributed by atoms with Crippen LogP contribution in [0.5, 0.6) is 0 Å². The van der Waals surface area contributed by atoms with Gasteiger partial charge in [0.05, 0.1) is 6.10 Å². The summed E-state index contributed by atoms with van der Waals surface area (Å²) >= 11 is 2.00. The van der Waals surface area contributed by atoms with E-state index in [1.165, 1.54) is 5.75 Å². The van der Waals surface area contributed by atoms with Crippen LogP contribution >= 0.6 is 11.8 Å². The van der Waals surface area contributed by atoms with Crippen molar-refractivity contribution >= 4 is 11.8 Å². The normalized spacial score (nSPS) is 40.7. The van der Waals surface area contributed by atoms with Crippen molar-refractivity contribution in [3.63, 3.8) is 0 Å². The van der Waals surface area contributed by atoms with Crippen molar-refractivity contribution < 1.29 is 14.2 Å². The Bertz CT molecular complexity index is 223.